The molecule has 0 radical (unpaired) electrons. The summed E-state index contributed by atoms with van der Waals surface area (Å²) in [4.78, 5) is 28.6. The number of carbonyl (C=O) groups excluding carboxylic acids is 2. The summed E-state index contributed by atoms with van der Waals surface area (Å²) in [6.07, 6.45) is 1.92. The van der Waals surface area contributed by atoms with E-state index in [1.54, 1.807) is 54.6 Å². The minimum atomic E-state index is -4.08. The standard InChI is InChI=1S/C30H36ClN3O4S/c1-4-20-32-30(36)28(6-3)33(21-24-12-16-25(31)17-13-24)29(35)22-34(26-18-14-23(5-2)15-19-26)39(37,38)27-10-8-7-9-11-27/h7-19,28H,4-6,20-22H2,1-3H3,(H,32,36). The molecule has 0 spiro atoms. The number of aryl methyl sites for hydroxylation is 1. The first kappa shape index (κ1) is 30.2. The van der Waals surface area contributed by atoms with Crippen LogP contribution >= 0.6 is 11.6 Å². The zero-order valence-corrected chi connectivity index (χ0v) is 24.2. The maximum Gasteiger partial charge on any atom is 0.264 e. The minimum Gasteiger partial charge on any atom is -0.354 e. The Labute approximate surface area is 236 Å². The van der Waals surface area contributed by atoms with Gasteiger partial charge in [-0.05, 0) is 66.8 Å². The van der Waals surface area contributed by atoms with Crippen LogP contribution in [0.25, 0.3) is 0 Å². The number of halogens is 1. The SMILES string of the molecule is CCCNC(=O)C(CC)N(Cc1ccc(Cl)cc1)C(=O)CN(c1ccc(CC)cc1)S(=O)(=O)c1ccccc1. The second kappa shape index (κ2) is 14.1. The Bertz CT molecular complexity index is 1330. The molecule has 0 saturated heterocycles. The van der Waals surface area contributed by atoms with E-state index in [1.807, 2.05) is 32.9 Å². The molecule has 1 N–H and O–H groups in total. The van der Waals surface area contributed by atoms with E-state index < -0.39 is 28.5 Å². The Morgan fingerprint density at radius 2 is 1.49 bits per heavy atom. The fourth-order valence-corrected chi connectivity index (χ4v) is 5.78. The van der Waals surface area contributed by atoms with Gasteiger partial charge in [-0.15, -0.1) is 0 Å². The van der Waals surface area contributed by atoms with Crippen molar-refractivity contribution >= 4 is 39.1 Å². The predicted octanol–water partition coefficient (Wildman–Crippen LogP) is 5.43. The van der Waals surface area contributed by atoms with Crippen LogP contribution in [-0.4, -0.2) is 44.3 Å². The van der Waals surface area contributed by atoms with E-state index >= 15 is 0 Å². The summed E-state index contributed by atoms with van der Waals surface area (Å²) in [7, 11) is -4.08. The van der Waals surface area contributed by atoms with Gasteiger partial charge in [-0.2, -0.15) is 0 Å². The topological polar surface area (TPSA) is 86.8 Å². The molecule has 0 bridgehead atoms. The van der Waals surface area contributed by atoms with Gasteiger partial charge in [0, 0.05) is 18.1 Å². The first-order valence-corrected chi connectivity index (χ1v) is 15.0. The van der Waals surface area contributed by atoms with Gasteiger partial charge in [0.2, 0.25) is 11.8 Å². The monoisotopic (exact) mass is 569 g/mol. The highest BCUT2D eigenvalue weighted by molar-refractivity contribution is 7.92. The van der Waals surface area contributed by atoms with Crippen molar-refractivity contribution in [1.82, 2.24) is 10.2 Å². The molecule has 0 aliphatic rings. The smallest absolute Gasteiger partial charge is 0.264 e. The maximum absolute atomic E-state index is 14.0. The summed E-state index contributed by atoms with van der Waals surface area (Å²) in [5, 5.41) is 3.44. The van der Waals surface area contributed by atoms with Crippen LogP contribution in [0, 0.1) is 0 Å². The number of anilines is 1. The van der Waals surface area contributed by atoms with Crippen LogP contribution in [0.1, 0.15) is 44.7 Å². The van der Waals surface area contributed by atoms with Gasteiger partial charge >= 0.3 is 0 Å². The average molecular weight is 570 g/mol. The number of carbonyl (C=O) groups is 2. The molecule has 3 rings (SSSR count). The van der Waals surface area contributed by atoms with Crippen LogP contribution in [0.5, 0.6) is 0 Å². The number of hydrogen-bond acceptors (Lipinski definition) is 4. The lowest BCUT2D eigenvalue weighted by Gasteiger charge is -2.33. The molecule has 0 heterocycles. The minimum absolute atomic E-state index is 0.0781. The molecule has 0 aliphatic heterocycles. The fourth-order valence-electron chi connectivity index (χ4n) is 4.22. The lowest BCUT2D eigenvalue weighted by Crippen LogP contribution is -2.52. The van der Waals surface area contributed by atoms with Gasteiger partial charge in [-0.25, -0.2) is 8.42 Å². The molecule has 3 aromatic rings. The third-order valence-corrected chi connectivity index (χ3v) is 8.48. The highest BCUT2D eigenvalue weighted by Gasteiger charge is 2.33. The van der Waals surface area contributed by atoms with E-state index in [9.17, 15) is 18.0 Å². The van der Waals surface area contributed by atoms with Crippen LogP contribution in [-0.2, 0) is 32.6 Å². The summed E-state index contributed by atoms with van der Waals surface area (Å²) in [6, 6.07) is 21.4. The molecule has 208 valence electrons. The largest absolute Gasteiger partial charge is 0.354 e. The summed E-state index contributed by atoms with van der Waals surface area (Å²) in [5.74, 6) is -0.756. The number of sulfonamides is 1. The first-order valence-electron chi connectivity index (χ1n) is 13.2. The second-order valence-electron chi connectivity index (χ2n) is 9.21. The number of benzene rings is 3. The van der Waals surface area contributed by atoms with Gasteiger partial charge in [0.25, 0.3) is 10.0 Å². The van der Waals surface area contributed by atoms with Crippen molar-refractivity contribution in [2.75, 3.05) is 17.4 Å². The zero-order chi connectivity index (χ0) is 28.4. The van der Waals surface area contributed by atoms with E-state index in [4.69, 9.17) is 11.6 Å². The Kier molecular flexibility index (Phi) is 10.9. The molecule has 0 aromatic heterocycles. The van der Waals surface area contributed by atoms with Crippen molar-refractivity contribution in [3.63, 3.8) is 0 Å². The number of rotatable bonds is 13. The third kappa shape index (κ3) is 7.83. The van der Waals surface area contributed by atoms with E-state index in [1.165, 1.54) is 17.0 Å². The molecule has 9 heteroatoms. The molecule has 1 atom stereocenters. The molecule has 0 saturated carbocycles. The van der Waals surface area contributed by atoms with E-state index in [0.717, 1.165) is 28.3 Å². The molecular weight excluding hydrogens is 534 g/mol. The van der Waals surface area contributed by atoms with Crippen molar-refractivity contribution in [2.24, 2.45) is 0 Å². The lowest BCUT2D eigenvalue weighted by molar-refractivity contribution is -0.140. The van der Waals surface area contributed by atoms with Crippen molar-refractivity contribution in [2.45, 2.75) is 57.5 Å². The fraction of sp³-hybridized carbons (Fsp3) is 0.333. The second-order valence-corrected chi connectivity index (χ2v) is 11.5. The zero-order valence-electron chi connectivity index (χ0n) is 22.6. The van der Waals surface area contributed by atoms with Gasteiger partial charge in [-0.1, -0.05) is 74.8 Å². The van der Waals surface area contributed by atoms with Crippen molar-refractivity contribution in [3.05, 3.63) is 95.0 Å². The number of hydrogen-bond donors (Lipinski definition) is 1. The van der Waals surface area contributed by atoms with E-state index in [2.05, 4.69) is 5.32 Å². The summed E-state index contributed by atoms with van der Waals surface area (Å²) < 4.78 is 28.8. The molecule has 2 amide bonds. The van der Waals surface area contributed by atoms with E-state index in [0.29, 0.717) is 23.7 Å². The Balaban J connectivity index is 2.03. The predicted molar refractivity (Wildman–Crippen MR) is 156 cm³/mol. The van der Waals surface area contributed by atoms with Crippen molar-refractivity contribution in [3.8, 4) is 0 Å². The molecule has 39 heavy (non-hydrogen) atoms. The molecule has 3 aromatic carbocycles. The molecular formula is C30H36ClN3O4S. The molecule has 1 unspecified atom stereocenters. The quantitative estimate of drug-likeness (QED) is 0.297. The van der Waals surface area contributed by atoms with Gasteiger partial charge in [-0.3, -0.25) is 13.9 Å². The molecule has 0 fully saturated rings. The Hall–Kier alpha value is -3.36. The summed E-state index contributed by atoms with van der Waals surface area (Å²) >= 11 is 6.06. The van der Waals surface area contributed by atoms with Crippen LogP contribution < -0.4 is 9.62 Å². The third-order valence-electron chi connectivity index (χ3n) is 6.44. The summed E-state index contributed by atoms with van der Waals surface area (Å²) in [6.45, 7) is 5.95. The average Bonchev–Trinajstić information content (AvgIpc) is 2.96. The van der Waals surface area contributed by atoms with Crippen molar-refractivity contribution < 1.29 is 18.0 Å². The van der Waals surface area contributed by atoms with Crippen LogP contribution in [0.3, 0.4) is 0 Å². The lowest BCUT2D eigenvalue weighted by atomic mass is 10.1. The van der Waals surface area contributed by atoms with Crippen LogP contribution in [0.4, 0.5) is 5.69 Å². The van der Waals surface area contributed by atoms with Gasteiger partial charge < -0.3 is 10.2 Å². The summed E-state index contributed by atoms with van der Waals surface area (Å²) in [5.41, 5.74) is 2.20. The Morgan fingerprint density at radius 3 is 2.05 bits per heavy atom. The number of amides is 2. The highest BCUT2D eigenvalue weighted by Crippen LogP contribution is 2.25. The number of nitrogens with zero attached hydrogens (tertiary/aromatic N) is 2. The van der Waals surface area contributed by atoms with Gasteiger partial charge in [0.05, 0.1) is 10.6 Å². The molecule has 0 aliphatic carbocycles. The van der Waals surface area contributed by atoms with Crippen molar-refractivity contribution in [1.29, 1.82) is 0 Å². The van der Waals surface area contributed by atoms with E-state index in [-0.39, 0.29) is 17.3 Å². The normalized spacial score (nSPS) is 12.0. The van der Waals surface area contributed by atoms with Crippen LogP contribution in [0.2, 0.25) is 5.02 Å². The van der Waals surface area contributed by atoms with Gasteiger partial charge in [0.1, 0.15) is 12.6 Å². The molecule has 7 nitrogen and oxygen atoms in total. The first-order chi connectivity index (χ1) is 18.7. The Morgan fingerprint density at radius 1 is 0.872 bits per heavy atom. The number of nitrogens with one attached hydrogen (secondary N) is 1. The highest BCUT2D eigenvalue weighted by atomic mass is 35.5. The maximum atomic E-state index is 14.0. The van der Waals surface area contributed by atoms with Gasteiger partial charge in [0.15, 0.2) is 0 Å². The van der Waals surface area contributed by atoms with Crippen LogP contribution in [0.15, 0.2) is 83.8 Å².